The number of aryl methyl sites for hydroxylation is 1. The zero-order valence-corrected chi connectivity index (χ0v) is 17.9. The fourth-order valence-electron chi connectivity index (χ4n) is 2.30. The number of nitrogens with zero attached hydrogens (tertiary/aromatic N) is 3. The number of nitrogens with one attached hydrogen (secondary N) is 1. The van der Waals surface area contributed by atoms with Crippen LogP contribution in [0.15, 0.2) is 29.6 Å². The van der Waals surface area contributed by atoms with Crippen LogP contribution in [0.2, 0.25) is 0 Å². The van der Waals surface area contributed by atoms with Gasteiger partial charge in [0.05, 0.1) is 17.8 Å². The van der Waals surface area contributed by atoms with Crippen LogP contribution in [0.3, 0.4) is 0 Å². The minimum atomic E-state index is -1.08. The van der Waals surface area contributed by atoms with Gasteiger partial charge in [0.1, 0.15) is 24.0 Å². The average molecular weight is 482 g/mol. The Balaban J connectivity index is 2.17. The van der Waals surface area contributed by atoms with E-state index < -0.39 is 11.6 Å². The maximum atomic E-state index is 9.35. The summed E-state index contributed by atoms with van der Waals surface area (Å²) < 4.78 is 7.04. The van der Waals surface area contributed by atoms with E-state index in [9.17, 15) is 5.26 Å². The molecule has 0 aliphatic rings. The second-order valence-electron chi connectivity index (χ2n) is 5.95. The third-order valence-corrected chi connectivity index (χ3v) is 4.65. The van der Waals surface area contributed by atoms with Gasteiger partial charge in [0.2, 0.25) is 0 Å². The Morgan fingerprint density at radius 3 is 2.88 bits per heavy atom. The lowest BCUT2D eigenvalue weighted by Crippen LogP contribution is -2.49. The van der Waals surface area contributed by atoms with Crippen LogP contribution >= 0.6 is 34.8 Å². The molecule has 0 spiro atoms. The number of nitriles is 1. The highest BCUT2D eigenvalue weighted by molar-refractivity contribution is 14.1. The van der Waals surface area contributed by atoms with Gasteiger partial charge in [-0.3, -0.25) is 4.98 Å². The number of benzene rings is 1. The highest BCUT2D eigenvalue weighted by atomic mass is 127. The largest absolute Gasteiger partial charge is 0.484 e. The quantitative estimate of drug-likeness (QED) is 0.293. The number of thiocarbonyl (C=S) groups is 1. The molecule has 0 amide bonds. The van der Waals surface area contributed by atoms with Crippen molar-refractivity contribution in [3.63, 3.8) is 0 Å². The average Bonchev–Trinajstić information content (AvgIpc) is 2.59. The normalized spacial score (nSPS) is 14.5. The van der Waals surface area contributed by atoms with Gasteiger partial charge in [0.25, 0.3) is 0 Å². The van der Waals surface area contributed by atoms with Crippen LogP contribution in [-0.2, 0) is 4.84 Å². The van der Waals surface area contributed by atoms with Gasteiger partial charge in [0, 0.05) is 15.2 Å². The molecule has 2 rings (SSSR count). The van der Waals surface area contributed by atoms with Crippen LogP contribution < -0.4 is 10.1 Å². The van der Waals surface area contributed by atoms with E-state index in [0.29, 0.717) is 10.7 Å². The summed E-state index contributed by atoms with van der Waals surface area (Å²) in [5.41, 5.74) is 0.886. The number of rotatable bonds is 6. The van der Waals surface area contributed by atoms with Crippen LogP contribution in [-0.4, -0.2) is 34.9 Å². The van der Waals surface area contributed by atoms with E-state index in [1.807, 2.05) is 32.2 Å². The predicted molar refractivity (Wildman–Crippen MR) is 115 cm³/mol. The summed E-state index contributed by atoms with van der Waals surface area (Å²) >= 11 is 7.62. The van der Waals surface area contributed by atoms with Crippen molar-refractivity contribution in [3.8, 4) is 11.8 Å². The van der Waals surface area contributed by atoms with E-state index in [4.69, 9.17) is 17.0 Å². The van der Waals surface area contributed by atoms with E-state index in [1.54, 1.807) is 6.92 Å². The molecule has 1 aromatic carbocycles. The van der Waals surface area contributed by atoms with Crippen molar-refractivity contribution in [2.45, 2.75) is 32.4 Å². The van der Waals surface area contributed by atoms with Crippen molar-refractivity contribution in [1.29, 1.82) is 5.26 Å². The minimum Gasteiger partial charge on any atom is -0.484 e. The highest BCUT2D eigenvalue weighted by Crippen LogP contribution is 2.25. The smallest absolute Gasteiger partial charge is 0.162 e. The van der Waals surface area contributed by atoms with Gasteiger partial charge >= 0.3 is 0 Å². The molecule has 1 aromatic heterocycles. The summed E-state index contributed by atoms with van der Waals surface area (Å²) in [6.45, 7) is 5.47. The monoisotopic (exact) mass is 482 g/mol. The topological polar surface area (TPSA) is 79.5 Å². The third-order valence-electron chi connectivity index (χ3n) is 3.63. The number of hydrogen-bond donors (Lipinski definition) is 1. The second kappa shape index (κ2) is 8.60. The molecule has 1 N–H and O–H groups in total. The molecule has 0 radical (unpaired) electrons. The summed E-state index contributed by atoms with van der Waals surface area (Å²) in [7, 11) is 1.41. The number of ether oxygens (including phenoxy) is 1. The molecule has 8 heteroatoms. The first-order valence-electron chi connectivity index (χ1n) is 7.81. The van der Waals surface area contributed by atoms with E-state index >= 15 is 0 Å². The van der Waals surface area contributed by atoms with Gasteiger partial charge in [-0.25, -0.2) is 0 Å². The molecule has 6 nitrogen and oxygen atoms in total. The molecule has 0 aliphatic carbocycles. The van der Waals surface area contributed by atoms with Crippen LogP contribution in [0.1, 0.15) is 19.4 Å². The molecular weight excluding hydrogens is 463 g/mol. The molecule has 0 saturated carbocycles. The van der Waals surface area contributed by atoms with Crippen molar-refractivity contribution in [3.05, 3.63) is 33.5 Å². The first-order valence-corrected chi connectivity index (χ1v) is 9.30. The van der Waals surface area contributed by atoms with Crippen molar-refractivity contribution in [1.82, 2.24) is 10.3 Å². The van der Waals surface area contributed by atoms with Gasteiger partial charge in [-0.05, 0) is 67.1 Å². The van der Waals surface area contributed by atoms with E-state index in [-0.39, 0.29) is 0 Å². The molecule has 2 aromatic rings. The van der Waals surface area contributed by atoms with E-state index in [2.05, 4.69) is 55.0 Å². The number of oxime groups is 1. The summed E-state index contributed by atoms with van der Waals surface area (Å²) in [6, 6.07) is 8.03. The molecule has 136 valence electrons. The first kappa shape index (κ1) is 20.3. The lowest BCUT2D eigenvalue weighted by molar-refractivity contribution is 0.213. The van der Waals surface area contributed by atoms with Gasteiger partial charge < -0.3 is 14.9 Å². The Kier molecular flexibility index (Phi) is 6.72. The van der Waals surface area contributed by atoms with Crippen LogP contribution in [0.5, 0.6) is 5.75 Å². The summed E-state index contributed by atoms with van der Waals surface area (Å²) in [4.78, 5) is 9.50. The van der Waals surface area contributed by atoms with Crippen molar-refractivity contribution in [2.24, 2.45) is 5.16 Å². The molecule has 1 heterocycles. The van der Waals surface area contributed by atoms with Crippen molar-refractivity contribution >= 4 is 56.9 Å². The zero-order chi connectivity index (χ0) is 19.3. The maximum Gasteiger partial charge on any atom is 0.162 e. The Labute approximate surface area is 171 Å². The lowest BCUT2D eigenvalue weighted by atomic mass is 10.1. The minimum absolute atomic E-state index is 0.398. The molecule has 2 unspecified atom stereocenters. The fraction of sp³-hybridized carbons (Fsp3) is 0.333. The van der Waals surface area contributed by atoms with Crippen molar-refractivity contribution in [2.75, 3.05) is 7.11 Å². The Morgan fingerprint density at radius 1 is 1.50 bits per heavy atom. The molecule has 2 atom stereocenters. The van der Waals surface area contributed by atoms with Gasteiger partial charge in [-0.15, -0.1) is 0 Å². The standard InChI is InChI=1S/C18H19IN4O2S/c1-11-5-15(7-13-6-14(19)8-21-16(11)13)25-12(2)17(26)23-18(3,9-20)10-22-24-4/h5-8,10,12H,1-4H3,(H,23,26). The van der Waals surface area contributed by atoms with Crippen molar-refractivity contribution < 1.29 is 9.57 Å². The first-order chi connectivity index (χ1) is 12.3. The number of aromatic nitrogens is 1. The van der Waals surface area contributed by atoms with Gasteiger partial charge in [-0.1, -0.05) is 17.4 Å². The SMILES string of the molecule is CON=CC(C)(C#N)NC(=S)C(C)Oc1cc(C)c2ncc(I)cc2c1. The third kappa shape index (κ3) is 5.02. The Hall–Kier alpha value is -1.99. The zero-order valence-electron chi connectivity index (χ0n) is 14.9. The highest BCUT2D eigenvalue weighted by Gasteiger charge is 2.25. The van der Waals surface area contributed by atoms with Gasteiger partial charge in [0.15, 0.2) is 5.54 Å². The Bertz CT molecular complexity index is 897. The molecule has 0 fully saturated rings. The van der Waals surface area contributed by atoms with Crippen LogP contribution in [0, 0.1) is 21.8 Å². The molecule has 0 aliphatic heterocycles. The van der Waals surface area contributed by atoms with Crippen LogP contribution in [0.4, 0.5) is 0 Å². The molecular formula is C18H19IN4O2S. The number of fused-ring (bicyclic) bond motifs is 1. The maximum absolute atomic E-state index is 9.35. The Morgan fingerprint density at radius 2 is 2.23 bits per heavy atom. The lowest BCUT2D eigenvalue weighted by Gasteiger charge is -2.24. The fourth-order valence-corrected chi connectivity index (χ4v) is 3.04. The predicted octanol–water partition coefficient (Wildman–Crippen LogP) is 3.75. The number of hydrogen-bond acceptors (Lipinski definition) is 6. The summed E-state index contributed by atoms with van der Waals surface area (Å²) in [5.74, 6) is 0.694. The van der Waals surface area contributed by atoms with E-state index in [0.717, 1.165) is 20.0 Å². The number of pyridine rings is 1. The van der Waals surface area contributed by atoms with E-state index in [1.165, 1.54) is 13.3 Å². The van der Waals surface area contributed by atoms with Crippen LogP contribution in [0.25, 0.3) is 10.9 Å². The summed E-state index contributed by atoms with van der Waals surface area (Å²) in [5, 5.41) is 17.0. The molecule has 0 saturated heterocycles. The second-order valence-corrected chi connectivity index (χ2v) is 7.63. The molecule has 0 bridgehead atoms. The van der Waals surface area contributed by atoms with Gasteiger partial charge in [-0.2, -0.15) is 5.26 Å². The number of halogens is 1. The molecule has 26 heavy (non-hydrogen) atoms. The summed E-state index contributed by atoms with van der Waals surface area (Å²) in [6.07, 6.45) is 2.77.